The molecule has 1 aromatic rings. The molecule has 0 radical (unpaired) electrons. The maximum atomic E-state index is 10.2. The van der Waals surface area contributed by atoms with Gasteiger partial charge in [-0.2, -0.15) is 0 Å². The Kier molecular flexibility index (Phi) is 5.43. The summed E-state index contributed by atoms with van der Waals surface area (Å²) in [7, 11) is 0. The Labute approximate surface area is 124 Å². The number of nitrogens with zero attached hydrogens (tertiary/aromatic N) is 1. The van der Waals surface area contributed by atoms with Crippen molar-refractivity contribution < 1.29 is 5.11 Å². The smallest absolute Gasteiger partial charge is 0.0802 e. The van der Waals surface area contributed by atoms with Gasteiger partial charge in [0.2, 0.25) is 0 Å². The zero-order valence-corrected chi connectivity index (χ0v) is 13.4. The minimum atomic E-state index is -0.354. The minimum absolute atomic E-state index is 0.354. The lowest BCUT2D eigenvalue weighted by molar-refractivity contribution is 0.103. The largest absolute Gasteiger partial charge is 0.388 e. The van der Waals surface area contributed by atoms with Crippen LogP contribution < -0.4 is 0 Å². The molecule has 1 fully saturated rings. The summed E-state index contributed by atoms with van der Waals surface area (Å²) in [5.74, 6) is 1.61. The van der Waals surface area contributed by atoms with Crippen molar-refractivity contribution in [2.45, 2.75) is 32.8 Å². The summed E-state index contributed by atoms with van der Waals surface area (Å²) in [5, 5.41) is 10.2. The number of aliphatic hydroxyl groups is 1. The molecule has 0 amide bonds. The summed E-state index contributed by atoms with van der Waals surface area (Å²) in [6, 6.07) is 7.97. The van der Waals surface area contributed by atoms with E-state index in [1.165, 1.54) is 19.5 Å². The summed E-state index contributed by atoms with van der Waals surface area (Å²) in [6.45, 7) is 8.02. The number of halogens is 1. The van der Waals surface area contributed by atoms with Crippen LogP contribution in [0, 0.1) is 11.8 Å². The summed E-state index contributed by atoms with van der Waals surface area (Å²) >= 11 is 3.45. The molecular weight excluding hydrogens is 302 g/mol. The topological polar surface area (TPSA) is 23.5 Å². The highest BCUT2D eigenvalue weighted by molar-refractivity contribution is 9.10. The Hall–Kier alpha value is -0.380. The first kappa shape index (κ1) is 15.0. The van der Waals surface area contributed by atoms with Crippen LogP contribution in [0.3, 0.4) is 0 Å². The van der Waals surface area contributed by atoms with Crippen molar-refractivity contribution in [3.05, 3.63) is 34.3 Å². The second-order valence-corrected chi connectivity index (χ2v) is 6.82. The van der Waals surface area contributed by atoms with Crippen LogP contribution in [-0.4, -0.2) is 29.6 Å². The number of hydrogen-bond acceptors (Lipinski definition) is 2. The van der Waals surface area contributed by atoms with E-state index in [4.69, 9.17) is 0 Å². The van der Waals surface area contributed by atoms with E-state index >= 15 is 0 Å². The first-order valence-electron chi connectivity index (χ1n) is 7.22. The van der Waals surface area contributed by atoms with E-state index in [2.05, 4.69) is 34.7 Å². The summed E-state index contributed by atoms with van der Waals surface area (Å²) in [5.41, 5.74) is 1.01. The summed E-state index contributed by atoms with van der Waals surface area (Å²) in [4.78, 5) is 2.49. The first-order valence-corrected chi connectivity index (χ1v) is 8.01. The van der Waals surface area contributed by atoms with Crippen molar-refractivity contribution in [3.63, 3.8) is 0 Å². The van der Waals surface area contributed by atoms with Gasteiger partial charge in [-0.3, -0.25) is 0 Å². The first-order chi connectivity index (χ1) is 9.06. The highest BCUT2D eigenvalue weighted by atomic mass is 79.9. The van der Waals surface area contributed by atoms with E-state index in [1.807, 2.05) is 24.3 Å². The summed E-state index contributed by atoms with van der Waals surface area (Å²) < 4.78 is 1.03. The highest BCUT2D eigenvalue weighted by Crippen LogP contribution is 2.25. The maximum absolute atomic E-state index is 10.2. The molecule has 19 heavy (non-hydrogen) atoms. The van der Waals surface area contributed by atoms with Gasteiger partial charge in [-0.1, -0.05) is 41.9 Å². The Bertz CT molecular complexity index is 409. The van der Waals surface area contributed by atoms with E-state index in [0.717, 1.165) is 34.8 Å². The summed E-state index contributed by atoms with van der Waals surface area (Å²) in [6.07, 6.45) is 1.75. The Balaban J connectivity index is 1.82. The number of piperidine rings is 1. The fraction of sp³-hybridized carbons (Fsp3) is 0.625. The highest BCUT2D eigenvalue weighted by Gasteiger charge is 2.22. The normalized spacial score (nSPS) is 26.3. The van der Waals surface area contributed by atoms with E-state index in [1.54, 1.807) is 0 Å². The molecule has 3 atom stereocenters. The maximum Gasteiger partial charge on any atom is 0.0802 e. The van der Waals surface area contributed by atoms with Gasteiger partial charge < -0.3 is 10.0 Å². The lowest BCUT2D eigenvalue weighted by Gasteiger charge is -2.35. The third-order valence-corrected chi connectivity index (χ3v) is 4.86. The van der Waals surface area contributed by atoms with Crippen LogP contribution in [-0.2, 0) is 0 Å². The van der Waals surface area contributed by atoms with Gasteiger partial charge in [-0.25, -0.2) is 0 Å². The molecule has 0 spiro atoms. The number of aliphatic hydroxyl groups excluding tert-OH is 1. The number of hydrogen-bond donors (Lipinski definition) is 1. The molecule has 3 unspecified atom stereocenters. The second kappa shape index (κ2) is 6.87. The SMILES string of the molecule is CC1CCN(CCC(O)c2cccc(Br)c2)CC1C. The molecule has 0 aromatic heterocycles. The third kappa shape index (κ3) is 4.30. The molecule has 2 rings (SSSR count). The molecule has 1 aliphatic rings. The number of likely N-dealkylation sites (tertiary alicyclic amines) is 1. The molecule has 0 bridgehead atoms. The van der Waals surface area contributed by atoms with Crippen molar-refractivity contribution >= 4 is 15.9 Å². The molecule has 0 aliphatic carbocycles. The lowest BCUT2D eigenvalue weighted by atomic mass is 9.88. The van der Waals surface area contributed by atoms with Gasteiger partial charge in [-0.15, -0.1) is 0 Å². The van der Waals surface area contributed by atoms with Crippen LogP contribution in [0.5, 0.6) is 0 Å². The fourth-order valence-corrected chi connectivity index (χ4v) is 3.15. The molecule has 1 aliphatic heterocycles. The van der Waals surface area contributed by atoms with E-state index < -0.39 is 0 Å². The quantitative estimate of drug-likeness (QED) is 0.908. The van der Waals surface area contributed by atoms with Gasteiger partial charge in [0.1, 0.15) is 0 Å². The van der Waals surface area contributed by atoms with E-state index in [0.29, 0.717) is 0 Å². The Morgan fingerprint density at radius 1 is 1.37 bits per heavy atom. The lowest BCUT2D eigenvalue weighted by Crippen LogP contribution is -2.39. The van der Waals surface area contributed by atoms with E-state index in [-0.39, 0.29) is 6.10 Å². The van der Waals surface area contributed by atoms with Crippen LogP contribution in [0.25, 0.3) is 0 Å². The molecular formula is C16H24BrNO. The van der Waals surface area contributed by atoms with Gasteiger partial charge in [0.05, 0.1) is 6.10 Å². The second-order valence-electron chi connectivity index (χ2n) is 5.90. The average molecular weight is 326 g/mol. The van der Waals surface area contributed by atoms with Crippen LogP contribution in [0.4, 0.5) is 0 Å². The van der Waals surface area contributed by atoms with Crippen LogP contribution in [0.2, 0.25) is 0 Å². The molecule has 3 heteroatoms. The van der Waals surface area contributed by atoms with Gasteiger partial charge in [0.15, 0.2) is 0 Å². The average Bonchev–Trinajstić information content (AvgIpc) is 2.40. The van der Waals surface area contributed by atoms with Crippen molar-refractivity contribution in [3.8, 4) is 0 Å². The number of rotatable bonds is 4. The van der Waals surface area contributed by atoms with Crippen molar-refractivity contribution in [1.29, 1.82) is 0 Å². The molecule has 1 N–H and O–H groups in total. The fourth-order valence-electron chi connectivity index (χ4n) is 2.74. The van der Waals surface area contributed by atoms with Crippen molar-refractivity contribution in [1.82, 2.24) is 4.90 Å². The van der Waals surface area contributed by atoms with Gasteiger partial charge in [-0.05, 0) is 48.9 Å². The monoisotopic (exact) mass is 325 g/mol. The minimum Gasteiger partial charge on any atom is -0.388 e. The van der Waals surface area contributed by atoms with E-state index in [9.17, 15) is 5.11 Å². The van der Waals surface area contributed by atoms with Gasteiger partial charge in [0.25, 0.3) is 0 Å². The molecule has 0 saturated carbocycles. The molecule has 2 nitrogen and oxygen atoms in total. The zero-order chi connectivity index (χ0) is 13.8. The van der Waals surface area contributed by atoms with Crippen LogP contribution in [0.1, 0.15) is 38.4 Å². The Morgan fingerprint density at radius 3 is 2.84 bits per heavy atom. The standard InChI is InChI=1S/C16H24BrNO/c1-12-6-8-18(11-13(12)2)9-7-16(19)14-4-3-5-15(17)10-14/h3-5,10,12-13,16,19H,6-9,11H2,1-2H3. The van der Waals surface area contributed by atoms with Gasteiger partial charge in [0, 0.05) is 17.6 Å². The molecule has 106 valence electrons. The van der Waals surface area contributed by atoms with Crippen LogP contribution >= 0.6 is 15.9 Å². The number of benzene rings is 1. The molecule has 1 aromatic carbocycles. The Morgan fingerprint density at radius 2 is 2.16 bits per heavy atom. The predicted octanol–water partition coefficient (Wildman–Crippen LogP) is 3.85. The molecule has 1 heterocycles. The molecule has 1 saturated heterocycles. The van der Waals surface area contributed by atoms with Crippen LogP contribution in [0.15, 0.2) is 28.7 Å². The zero-order valence-electron chi connectivity index (χ0n) is 11.8. The van der Waals surface area contributed by atoms with Gasteiger partial charge >= 0.3 is 0 Å². The predicted molar refractivity (Wildman–Crippen MR) is 83.1 cm³/mol. The third-order valence-electron chi connectivity index (χ3n) is 4.37. The van der Waals surface area contributed by atoms with Crippen molar-refractivity contribution in [2.75, 3.05) is 19.6 Å². The van der Waals surface area contributed by atoms with Crippen molar-refractivity contribution in [2.24, 2.45) is 11.8 Å².